The molecule has 0 atom stereocenters. The van der Waals surface area contributed by atoms with E-state index >= 15 is 0 Å². The fraction of sp³-hybridized carbons (Fsp3) is 0.333. The maximum absolute atomic E-state index is 13.3. The monoisotopic (exact) mass is 378 g/mol. The Balaban J connectivity index is 2.71. The van der Waals surface area contributed by atoms with Gasteiger partial charge >= 0.3 is 6.03 Å². The van der Waals surface area contributed by atoms with Gasteiger partial charge in [0.15, 0.2) is 0 Å². The van der Waals surface area contributed by atoms with Gasteiger partial charge in [-0.05, 0) is 55.5 Å². The number of urea groups is 1. The molecule has 0 spiro atoms. The minimum absolute atomic E-state index is 0.0950. The predicted molar refractivity (Wildman–Crippen MR) is 81.8 cm³/mol. The van der Waals surface area contributed by atoms with Crippen molar-refractivity contribution in [1.29, 1.82) is 0 Å². The van der Waals surface area contributed by atoms with E-state index in [4.69, 9.17) is 5.73 Å². The molecule has 104 valence electrons. The molecule has 1 rings (SSSR count). The molecule has 0 radical (unpaired) electrons. The van der Waals surface area contributed by atoms with Gasteiger partial charge in [0, 0.05) is 15.2 Å². The van der Waals surface area contributed by atoms with Crippen molar-refractivity contribution >= 4 is 40.3 Å². The van der Waals surface area contributed by atoms with E-state index in [-0.39, 0.29) is 17.3 Å². The highest BCUT2D eigenvalue weighted by atomic mass is 127. The number of carbonyl (C=O) groups is 1. The second-order valence-corrected chi connectivity index (χ2v) is 6.09. The Hall–Kier alpha value is -1.38. The van der Waals surface area contributed by atoms with Crippen molar-refractivity contribution in [3.8, 4) is 0 Å². The van der Waals surface area contributed by atoms with Gasteiger partial charge in [-0.25, -0.2) is 14.2 Å². The molecule has 1 aromatic carbocycles. The molecular weight excluding hydrogens is 362 g/mol. The summed E-state index contributed by atoms with van der Waals surface area (Å²) in [6, 6.07) is 3.98. The van der Waals surface area contributed by atoms with E-state index in [1.807, 2.05) is 43.4 Å². The first-order valence-electron chi connectivity index (χ1n) is 5.56. The lowest BCUT2D eigenvalue weighted by Gasteiger charge is -2.20. The Morgan fingerprint density at radius 2 is 2.05 bits per heavy atom. The van der Waals surface area contributed by atoms with Crippen LogP contribution in [0.1, 0.15) is 20.8 Å². The van der Waals surface area contributed by atoms with E-state index < -0.39 is 6.03 Å². The lowest BCUT2D eigenvalue weighted by Crippen LogP contribution is -2.50. The summed E-state index contributed by atoms with van der Waals surface area (Å²) in [6.45, 7) is 5.53. The molecule has 4 N–H and O–H groups in total. The minimum atomic E-state index is -0.459. The molecule has 0 unspecified atom stereocenters. The zero-order valence-corrected chi connectivity index (χ0v) is 13.1. The molecule has 0 aliphatic rings. The van der Waals surface area contributed by atoms with Gasteiger partial charge < -0.3 is 11.1 Å². The summed E-state index contributed by atoms with van der Waals surface area (Å²) in [6.07, 6.45) is 0. The van der Waals surface area contributed by atoms with Gasteiger partial charge in [-0.15, -0.1) is 0 Å². The Kier molecular flexibility index (Phi) is 5.10. The van der Waals surface area contributed by atoms with Crippen molar-refractivity contribution in [3.05, 3.63) is 27.6 Å². The van der Waals surface area contributed by atoms with Gasteiger partial charge in [0.05, 0.1) is 5.69 Å². The molecule has 0 heterocycles. The molecule has 0 saturated heterocycles. The van der Waals surface area contributed by atoms with Gasteiger partial charge in [-0.3, -0.25) is 5.32 Å². The van der Waals surface area contributed by atoms with Gasteiger partial charge in [0.1, 0.15) is 5.82 Å². The van der Waals surface area contributed by atoms with Crippen molar-refractivity contribution in [2.24, 2.45) is 10.7 Å². The topological polar surface area (TPSA) is 79.5 Å². The van der Waals surface area contributed by atoms with Crippen molar-refractivity contribution in [3.63, 3.8) is 0 Å². The summed E-state index contributed by atoms with van der Waals surface area (Å²) in [4.78, 5) is 15.4. The zero-order valence-electron chi connectivity index (χ0n) is 10.9. The van der Waals surface area contributed by atoms with E-state index in [2.05, 4.69) is 15.6 Å². The normalized spacial score (nSPS) is 12.2. The third-order valence-corrected chi connectivity index (χ3v) is 2.76. The van der Waals surface area contributed by atoms with Crippen LogP contribution in [0.3, 0.4) is 0 Å². The van der Waals surface area contributed by atoms with Crippen LogP contribution in [0.25, 0.3) is 0 Å². The van der Waals surface area contributed by atoms with E-state index in [0.717, 1.165) is 0 Å². The largest absolute Gasteiger partial charge is 0.369 e. The van der Waals surface area contributed by atoms with Gasteiger partial charge in [-0.2, -0.15) is 0 Å². The molecule has 7 heteroatoms. The summed E-state index contributed by atoms with van der Waals surface area (Å²) in [7, 11) is 0. The van der Waals surface area contributed by atoms with Crippen LogP contribution in [-0.2, 0) is 0 Å². The molecule has 0 bridgehead atoms. The van der Waals surface area contributed by atoms with Crippen LogP contribution in [0.5, 0.6) is 0 Å². The van der Waals surface area contributed by atoms with Gasteiger partial charge in [0.25, 0.3) is 0 Å². The molecule has 2 amide bonds. The number of hydrogen-bond donors (Lipinski definition) is 3. The van der Waals surface area contributed by atoms with Crippen molar-refractivity contribution < 1.29 is 9.18 Å². The number of hydrogen-bond acceptors (Lipinski definition) is 2. The van der Waals surface area contributed by atoms with Crippen LogP contribution in [0.15, 0.2) is 23.2 Å². The summed E-state index contributed by atoms with van der Waals surface area (Å²) in [5, 5.41) is 5.04. The molecule has 0 aliphatic carbocycles. The summed E-state index contributed by atoms with van der Waals surface area (Å²) >= 11 is 1.87. The Morgan fingerprint density at radius 1 is 1.42 bits per heavy atom. The number of amides is 2. The fourth-order valence-electron chi connectivity index (χ4n) is 1.21. The average Bonchev–Trinajstić information content (AvgIpc) is 2.20. The standard InChI is InChI=1S/C12H16FIN4O/c1-12(2,3)18-11(19)17-10(15)16-7-4-5-9(14)8(13)6-7/h4-6H,1-3H3,(H4,15,16,17,18,19). The first-order chi connectivity index (χ1) is 8.67. The van der Waals surface area contributed by atoms with Crippen molar-refractivity contribution in [2.45, 2.75) is 26.3 Å². The Morgan fingerprint density at radius 3 is 2.58 bits per heavy atom. The molecule has 0 aromatic heterocycles. The third-order valence-electron chi connectivity index (χ3n) is 1.88. The maximum Gasteiger partial charge on any atom is 0.321 e. The minimum Gasteiger partial charge on any atom is -0.369 e. The first kappa shape index (κ1) is 15.7. The fourth-order valence-corrected chi connectivity index (χ4v) is 1.55. The third kappa shape index (κ3) is 5.86. The van der Waals surface area contributed by atoms with Crippen LogP contribution in [0.4, 0.5) is 14.9 Å². The zero-order chi connectivity index (χ0) is 14.6. The smallest absolute Gasteiger partial charge is 0.321 e. The number of benzene rings is 1. The SMILES string of the molecule is CC(C)(C)NC(=O)NC(N)=Nc1ccc(I)c(F)c1. The molecule has 0 fully saturated rings. The number of guanidine groups is 1. The maximum atomic E-state index is 13.3. The molecule has 1 aromatic rings. The van der Waals surface area contributed by atoms with E-state index in [1.54, 1.807) is 12.1 Å². The second-order valence-electron chi connectivity index (χ2n) is 4.92. The second kappa shape index (κ2) is 6.18. The summed E-state index contributed by atoms with van der Waals surface area (Å²) in [5.74, 6) is -0.476. The number of nitrogens with zero attached hydrogens (tertiary/aromatic N) is 1. The number of carbonyl (C=O) groups excluding carboxylic acids is 1. The average molecular weight is 378 g/mol. The van der Waals surface area contributed by atoms with Crippen molar-refractivity contribution in [2.75, 3.05) is 0 Å². The van der Waals surface area contributed by atoms with E-state index in [9.17, 15) is 9.18 Å². The number of nitrogens with two attached hydrogens (primary N) is 1. The molecule has 0 aliphatic heterocycles. The number of halogens is 2. The molecular formula is C12H16FIN4O. The van der Waals surface area contributed by atoms with Crippen LogP contribution < -0.4 is 16.4 Å². The van der Waals surface area contributed by atoms with Crippen LogP contribution in [-0.4, -0.2) is 17.5 Å². The lowest BCUT2D eigenvalue weighted by molar-refractivity contribution is 0.236. The quantitative estimate of drug-likeness (QED) is 0.399. The molecule has 0 saturated carbocycles. The highest BCUT2D eigenvalue weighted by molar-refractivity contribution is 14.1. The number of rotatable bonds is 1. The summed E-state index contributed by atoms with van der Waals surface area (Å²) < 4.78 is 13.8. The van der Waals surface area contributed by atoms with Crippen molar-refractivity contribution in [1.82, 2.24) is 10.6 Å². The molecule has 5 nitrogen and oxygen atoms in total. The number of nitrogens with one attached hydrogen (secondary N) is 2. The van der Waals surface area contributed by atoms with Crippen LogP contribution in [0, 0.1) is 9.39 Å². The lowest BCUT2D eigenvalue weighted by atomic mass is 10.1. The van der Waals surface area contributed by atoms with E-state index in [0.29, 0.717) is 9.26 Å². The van der Waals surface area contributed by atoms with Crippen LogP contribution in [0.2, 0.25) is 0 Å². The highest BCUT2D eigenvalue weighted by Crippen LogP contribution is 2.18. The van der Waals surface area contributed by atoms with Gasteiger partial charge in [0.2, 0.25) is 5.96 Å². The Bertz CT molecular complexity index is 511. The Labute approximate surface area is 125 Å². The first-order valence-corrected chi connectivity index (χ1v) is 6.63. The van der Waals surface area contributed by atoms with Crippen LogP contribution >= 0.6 is 22.6 Å². The van der Waals surface area contributed by atoms with Gasteiger partial charge in [-0.1, -0.05) is 0 Å². The number of aliphatic imine (C=N–C) groups is 1. The predicted octanol–water partition coefficient (Wildman–Crippen LogP) is 2.47. The molecule has 19 heavy (non-hydrogen) atoms. The highest BCUT2D eigenvalue weighted by Gasteiger charge is 2.13. The van der Waals surface area contributed by atoms with E-state index in [1.165, 1.54) is 6.07 Å². The summed E-state index contributed by atoms with van der Waals surface area (Å²) in [5.41, 5.74) is 5.53.